The van der Waals surface area contributed by atoms with Crippen LogP contribution in [0.3, 0.4) is 0 Å². The third-order valence-corrected chi connectivity index (χ3v) is 9.66. The molecule has 0 saturated carbocycles. The number of hydrogen-bond acceptors (Lipinski definition) is 4. The molecule has 0 N–H and O–H groups in total. The molecule has 0 bridgehead atoms. The molecule has 2 aliphatic heterocycles. The maximum absolute atomic E-state index is 2.30. The Morgan fingerprint density at radius 3 is 1.47 bits per heavy atom. The van der Waals surface area contributed by atoms with E-state index in [0.29, 0.717) is 14.5 Å². The van der Waals surface area contributed by atoms with Crippen molar-refractivity contribution < 1.29 is 0 Å². The molecular formula is C10H6S4Se. The van der Waals surface area contributed by atoms with E-state index >= 15 is 0 Å². The van der Waals surface area contributed by atoms with Crippen molar-refractivity contribution in [3.8, 4) is 0 Å². The van der Waals surface area contributed by atoms with E-state index in [-0.39, 0.29) is 0 Å². The molecule has 76 valence electrons. The molecule has 15 heavy (non-hydrogen) atoms. The molecule has 1 aromatic rings. The molecule has 0 amide bonds. The van der Waals surface area contributed by atoms with Crippen LogP contribution in [0.15, 0.2) is 33.8 Å². The van der Waals surface area contributed by atoms with Crippen molar-refractivity contribution in [1.82, 2.24) is 0 Å². The second kappa shape index (κ2) is 4.86. The summed E-state index contributed by atoms with van der Waals surface area (Å²) in [6.45, 7) is 0. The van der Waals surface area contributed by atoms with Crippen LogP contribution in [0.25, 0.3) is 8.47 Å². The molecule has 0 aliphatic carbocycles. The molecule has 2 aliphatic rings. The van der Waals surface area contributed by atoms with Gasteiger partial charge in [0.05, 0.1) is 0 Å². The van der Waals surface area contributed by atoms with E-state index in [1.54, 1.807) is 0 Å². The Morgan fingerprint density at radius 2 is 1.07 bits per heavy atom. The Labute approximate surface area is 111 Å². The summed E-state index contributed by atoms with van der Waals surface area (Å²) in [6, 6.07) is 4.59. The molecule has 0 spiro atoms. The third-order valence-electron chi connectivity index (χ3n) is 1.82. The van der Waals surface area contributed by atoms with Gasteiger partial charge in [-0.2, -0.15) is 0 Å². The molecule has 0 radical (unpaired) electrons. The molecule has 0 nitrogen and oxygen atoms in total. The molecule has 0 unspecified atom stereocenters. The molecule has 1 aromatic heterocycles. The van der Waals surface area contributed by atoms with E-state index in [4.69, 9.17) is 0 Å². The average Bonchev–Trinajstić information content (AvgIpc) is 3.02. The molecule has 3 heterocycles. The summed E-state index contributed by atoms with van der Waals surface area (Å²) < 4.78 is 6.03. The summed E-state index contributed by atoms with van der Waals surface area (Å²) in [5.41, 5.74) is 0. The summed E-state index contributed by atoms with van der Waals surface area (Å²) in [5, 5.41) is 8.68. The van der Waals surface area contributed by atoms with Gasteiger partial charge in [-0.15, -0.1) is 0 Å². The first-order chi connectivity index (χ1) is 7.43. The monoisotopic (exact) mass is 334 g/mol. The average molecular weight is 333 g/mol. The van der Waals surface area contributed by atoms with Crippen molar-refractivity contribution in [2.24, 2.45) is 0 Å². The Hall–Kier alpha value is 0.619. The van der Waals surface area contributed by atoms with Crippen LogP contribution < -0.4 is 8.19 Å². The molecule has 0 saturated heterocycles. The number of rotatable bonds is 0. The van der Waals surface area contributed by atoms with E-state index < -0.39 is 0 Å². The van der Waals surface area contributed by atoms with Gasteiger partial charge in [0.25, 0.3) is 0 Å². The SMILES string of the molecule is C1=CSC(=c2ccc(=C3SC=CS3)[se]2)S1. The van der Waals surface area contributed by atoms with E-state index in [1.807, 2.05) is 47.0 Å². The molecule has 3 rings (SSSR count). The minimum atomic E-state index is 0.517. The predicted octanol–water partition coefficient (Wildman–Crippen LogP) is 2.78. The number of thioether (sulfide) groups is 4. The van der Waals surface area contributed by atoms with Gasteiger partial charge in [-0.05, 0) is 0 Å². The van der Waals surface area contributed by atoms with Gasteiger partial charge in [0.1, 0.15) is 0 Å². The van der Waals surface area contributed by atoms with Crippen LogP contribution in [0.4, 0.5) is 0 Å². The predicted molar refractivity (Wildman–Crippen MR) is 78.1 cm³/mol. The van der Waals surface area contributed by atoms with Crippen LogP contribution in [0.1, 0.15) is 0 Å². The van der Waals surface area contributed by atoms with Crippen molar-refractivity contribution in [3.05, 3.63) is 42.0 Å². The molecule has 0 fully saturated rings. The zero-order valence-electron chi connectivity index (χ0n) is 7.51. The Morgan fingerprint density at radius 1 is 0.667 bits per heavy atom. The normalized spacial score (nSPS) is 19.5. The molecule has 0 aromatic carbocycles. The third kappa shape index (κ3) is 2.33. The van der Waals surface area contributed by atoms with Gasteiger partial charge in [-0.1, -0.05) is 0 Å². The Balaban J connectivity index is 2.08. The fourth-order valence-electron chi connectivity index (χ4n) is 1.20. The van der Waals surface area contributed by atoms with Crippen molar-refractivity contribution >= 4 is 70.0 Å². The summed E-state index contributed by atoms with van der Waals surface area (Å²) in [6.07, 6.45) is 0. The quantitative estimate of drug-likeness (QED) is 0.669. The van der Waals surface area contributed by atoms with Crippen LogP contribution in [0.5, 0.6) is 0 Å². The van der Waals surface area contributed by atoms with Crippen LogP contribution in [0, 0.1) is 0 Å². The van der Waals surface area contributed by atoms with Gasteiger partial charge in [0.2, 0.25) is 0 Å². The Bertz CT molecular complexity index is 484. The number of hydrogen-bond donors (Lipinski definition) is 0. The zero-order chi connectivity index (χ0) is 10.1. The zero-order valence-corrected chi connectivity index (χ0v) is 12.5. The minimum absolute atomic E-state index is 0.517. The topological polar surface area (TPSA) is 0 Å². The van der Waals surface area contributed by atoms with Crippen LogP contribution in [-0.4, -0.2) is 14.5 Å². The maximum atomic E-state index is 2.30. The van der Waals surface area contributed by atoms with Crippen LogP contribution >= 0.6 is 47.0 Å². The first-order valence-electron chi connectivity index (χ1n) is 4.24. The van der Waals surface area contributed by atoms with Crippen LogP contribution in [0.2, 0.25) is 0 Å². The standard InChI is InChI=1S/C10H6S4Se/c1-2-8(10-13-5-6-14-10)15-7(1)9-11-3-4-12-9/h1-6H. The van der Waals surface area contributed by atoms with E-state index in [1.165, 1.54) is 16.7 Å². The van der Waals surface area contributed by atoms with Crippen molar-refractivity contribution in [2.45, 2.75) is 0 Å². The fourth-order valence-corrected chi connectivity index (χ4v) is 7.93. The first kappa shape index (κ1) is 10.8. The summed E-state index contributed by atoms with van der Waals surface area (Å²) >= 11 is 7.95. The van der Waals surface area contributed by atoms with E-state index in [9.17, 15) is 0 Å². The summed E-state index contributed by atoms with van der Waals surface area (Å²) in [7, 11) is 0. The summed E-state index contributed by atoms with van der Waals surface area (Å²) in [5.74, 6) is 0. The molecule has 5 heteroatoms. The van der Waals surface area contributed by atoms with Gasteiger partial charge >= 0.3 is 112 Å². The Kier molecular flexibility index (Phi) is 3.48. The van der Waals surface area contributed by atoms with Gasteiger partial charge in [-0.3, -0.25) is 0 Å². The second-order valence-electron chi connectivity index (χ2n) is 2.75. The second-order valence-corrected chi connectivity index (χ2v) is 9.21. The fraction of sp³-hybridized carbons (Fsp3) is 0. The van der Waals surface area contributed by atoms with Gasteiger partial charge in [0, 0.05) is 0 Å². The van der Waals surface area contributed by atoms with Crippen molar-refractivity contribution in [1.29, 1.82) is 0 Å². The van der Waals surface area contributed by atoms with Gasteiger partial charge in [0.15, 0.2) is 0 Å². The molecular weight excluding hydrogens is 327 g/mol. The van der Waals surface area contributed by atoms with Gasteiger partial charge in [-0.25, -0.2) is 0 Å². The first-order valence-corrected chi connectivity index (χ1v) is 9.48. The van der Waals surface area contributed by atoms with E-state index in [2.05, 4.69) is 33.8 Å². The van der Waals surface area contributed by atoms with E-state index in [0.717, 1.165) is 0 Å². The van der Waals surface area contributed by atoms with Crippen molar-refractivity contribution in [3.63, 3.8) is 0 Å². The van der Waals surface area contributed by atoms with Crippen molar-refractivity contribution in [2.75, 3.05) is 0 Å². The summed E-state index contributed by atoms with van der Waals surface area (Å²) in [4.78, 5) is 0. The molecule has 0 atom stereocenters. The van der Waals surface area contributed by atoms with Gasteiger partial charge < -0.3 is 0 Å². The van der Waals surface area contributed by atoms with Crippen LogP contribution in [-0.2, 0) is 0 Å².